The molecule has 0 heterocycles. The summed E-state index contributed by atoms with van der Waals surface area (Å²) in [5.41, 5.74) is 0. The summed E-state index contributed by atoms with van der Waals surface area (Å²) >= 11 is 0. The third-order valence-corrected chi connectivity index (χ3v) is 2.93. The molecule has 0 bridgehead atoms. The predicted octanol–water partition coefficient (Wildman–Crippen LogP) is -0.606. The lowest BCUT2D eigenvalue weighted by molar-refractivity contribution is -0.137. The lowest BCUT2D eigenvalue weighted by Gasteiger charge is -2.26. The monoisotopic (exact) mass is 257 g/mol. The van der Waals surface area contributed by atoms with Crippen LogP contribution in [0.3, 0.4) is 0 Å². The minimum absolute atomic E-state index is 0.0261. The first-order valence-corrected chi connectivity index (χ1v) is 6.10. The highest BCUT2D eigenvalue weighted by molar-refractivity contribution is 5.88. The number of hydrogen-bond acceptors (Lipinski definition) is 4. The number of hydrogen-bond donors (Lipinski definition) is 2. The highest BCUT2D eigenvalue weighted by atomic mass is 16.2. The Morgan fingerprint density at radius 3 is 2.44 bits per heavy atom. The summed E-state index contributed by atoms with van der Waals surface area (Å²) in [6.45, 7) is 3.93. The van der Waals surface area contributed by atoms with Crippen molar-refractivity contribution < 1.29 is 14.4 Å². The zero-order chi connectivity index (χ0) is 14.1. The van der Waals surface area contributed by atoms with Crippen molar-refractivity contribution in [3.05, 3.63) is 0 Å². The largest absolute Gasteiger partial charge is 0.348 e. The van der Waals surface area contributed by atoms with Crippen molar-refractivity contribution >= 4 is 18.1 Å². The third kappa shape index (κ3) is 5.27. The molecule has 0 saturated carbocycles. The molecule has 0 aliphatic carbocycles. The Labute approximate surface area is 108 Å². The molecule has 6 nitrogen and oxygen atoms in total. The van der Waals surface area contributed by atoms with Crippen LogP contribution >= 0.6 is 0 Å². The second kappa shape index (κ2) is 8.63. The number of amides is 2. The summed E-state index contributed by atoms with van der Waals surface area (Å²) in [5.74, 6) is -0.256. The number of nitrogens with zero attached hydrogens (tertiary/aromatic N) is 1. The first kappa shape index (κ1) is 16.6. The van der Waals surface area contributed by atoms with E-state index in [9.17, 15) is 14.4 Å². The van der Waals surface area contributed by atoms with E-state index in [0.29, 0.717) is 6.29 Å². The fraction of sp³-hybridized carbons (Fsp3) is 0.750. The van der Waals surface area contributed by atoms with Gasteiger partial charge in [-0.25, -0.2) is 0 Å². The van der Waals surface area contributed by atoms with E-state index in [-0.39, 0.29) is 36.9 Å². The first-order valence-electron chi connectivity index (χ1n) is 6.10. The quantitative estimate of drug-likeness (QED) is 0.569. The Morgan fingerprint density at radius 1 is 1.39 bits per heavy atom. The van der Waals surface area contributed by atoms with Crippen molar-refractivity contribution in [2.75, 3.05) is 27.2 Å². The van der Waals surface area contributed by atoms with Crippen LogP contribution in [0.25, 0.3) is 0 Å². The zero-order valence-electron chi connectivity index (χ0n) is 11.5. The molecule has 0 rings (SSSR count). The second-order valence-corrected chi connectivity index (χ2v) is 4.32. The Bertz CT molecular complexity index is 294. The standard InChI is InChI=1S/C12H23N3O3/c1-5-9(2)11(13-3)12(18)15(4)8-10(17)14-6-7-16/h7,9,11,13H,5-6,8H2,1-4H3,(H,14,17). The van der Waals surface area contributed by atoms with E-state index in [4.69, 9.17) is 0 Å². The maximum Gasteiger partial charge on any atom is 0.240 e. The number of aldehydes is 1. The van der Waals surface area contributed by atoms with Crippen molar-refractivity contribution in [3.63, 3.8) is 0 Å². The highest BCUT2D eigenvalue weighted by Gasteiger charge is 2.25. The predicted molar refractivity (Wildman–Crippen MR) is 69.0 cm³/mol. The number of carbonyl (C=O) groups is 3. The average Bonchev–Trinajstić information content (AvgIpc) is 2.36. The maximum absolute atomic E-state index is 12.1. The van der Waals surface area contributed by atoms with Gasteiger partial charge in [-0.3, -0.25) is 9.59 Å². The molecule has 0 spiro atoms. The maximum atomic E-state index is 12.1. The van der Waals surface area contributed by atoms with Crippen LogP contribution in [0, 0.1) is 5.92 Å². The molecule has 2 atom stereocenters. The lowest BCUT2D eigenvalue weighted by Crippen LogP contribution is -2.49. The Kier molecular flexibility index (Phi) is 7.94. The van der Waals surface area contributed by atoms with Gasteiger partial charge in [-0.15, -0.1) is 0 Å². The van der Waals surface area contributed by atoms with E-state index < -0.39 is 0 Å². The molecule has 0 fully saturated rings. The van der Waals surface area contributed by atoms with E-state index in [2.05, 4.69) is 10.6 Å². The lowest BCUT2D eigenvalue weighted by atomic mass is 9.98. The first-order chi connectivity index (χ1) is 8.47. The summed E-state index contributed by atoms with van der Waals surface area (Å²) in [4.78, 5) is 35.0. The molecule has 0 aromatic heterocycles. The molecule has 18 heavy (non-hydrogen) atoms. The van der Waals surface area contributed by atoms with Gasteiger partial charge in [0.25, 0.3) is 0 Å². The second-order valence-electron chi connectivity index (χ2n) is 4.32. The average molecular weight is 257 g/mol. The Balaban J connectivity index is 4.38. The SMILES string of the molecule is CCC(C)C(NC)C(=O)N(C)CC(=O)NCC=O. The van der Waals surface area contributed by atoms with Crippen LogP contribution in [0.2, 0.25) is 0 Å². The fourth-order valence-corrected chi connectivity index (χ4v) is 1.63. The normalized spacial score (nSPS) is 13.6. The Morgan fingerprint density at radius 2 is 2.00 bits per heavy atom. The molecule has 2 unspecified atom stereocenters. The molecule has 0 aromatic carbocycles. The molecular formula is C12H23N3O3. The summed E-state index contributed by atoms with van der Waals surface area (Å²) in [5, 5.41) is 5.37. The number of nitrogens with one attached hydrogen (secondary N) is 2. The van der Waals surface area contributed by atoms with Crippen molar-refractivity contribution in [1.29, 1.82) is 0 Å². The van der Waals surface area contributed by atoms with Gasteiger partial charge in [0.2, 0.25) is 11.8 Å². The molecule has 0 radical (unpaired) electrons. The van der Waals surface area contributed by atoms with E-state index in [0.717, 1.165) is 6.42 Å². The van der Waals surface area contributed by atoms with Gasteiger partial charge in [-0.2, -0.15) is 0 Å². The van der Waals surface area contributed by atoms with Crippen LogP contribution in [-0.4, -0.2) is 56.2 Å². The third-order valence-electron chi connectivity index (χ3n) is 2.93. The summed E-state index contributed by atoms with van der Waals surface area (Å²) in [7, 11) is 3.31. The van der Waals surface area contributed by atoms with Gasteiger partial charge in [0.1, 0.15) is 6.29 Å². The van der Waals surface area contributed by atoms with Crippen molar-refractivity contribution in [1.82, 2.24) is 15.5 Å². The van der Waals surface area contributed by atoms with Crippen LogP contribution in [0.1, 0.15) is 20.3 Å². The molecule has 0 aliphatic heterocycles. The summed E-state index contributed by atoms with van der Waals surface area (Å²) in [6, 6.07) is -0.293. The van der Waals surface area contributed by atoms with Gasteiger partial charge in [0.05, 0.1) is 19.1 Å². The molecule has 0 aliphatic rings. The molecule has 104 valence electrons. The minimum Gasteiger partial charge on any atom is -0.348 e. The van der Waals surface area contributed by atoms with Gasteiger partial charge in [0.15, 0.2) is 0 Å². The Hall–Kier alpha value is -1.43. The molecule has 2 amide bonds. The summed E-state index contributed by atoms with van der Waals surface area (Å²) < 4.78 is 0. The van der Waals surface area contributed by atoms with Gasteiger partial charge in [-0.05, 0) is 13.0 Å². The van der Waals surface area contributed by atoms with Crippen LogP contribution in [-0.2, 0) is 14.4 Å². The smallest absolute Gasteiger partial charge is 0.240 e. The van der Waals surface area contributed by atoms with Crippen molar-refractivity contribution in [3.8, 4) is 0 Å². The zero-order valence-corrected chi connectivity index (χ0v) is 11.5. The fourth-order valence-electron chi connectivity index (χ4n) is 1.63. The van der Waals surface area contributed by atoms with Gasteiger partial charge >= 0.3 is 0 Å². The summed E-state index contributed by atoms with van der Waals surface area (Å²) in [6.07, 6.45) is 1.48. The van der Waals surface area contributed by atoms with E-state index >= 15 is 0 Å². The van der Waals surface area contributed by atoms with E-state index in [1.807, 2.05) is 13.8 Å². The van der Waals surface area contributed by atoms with Crippen molar-refractivity contribution in [2.24, 2.45) is 5.92 Å². The minimum atomic E-state index is -0.336. The van der Waals surface area contributed by atoms with E-state index in [1.165, 1.54) is 4.90 Å². The molecule has 0 saturated heterocycles. The number of carbonyl (C=O) groups excluding carboxylic acids is 3. The molecule has 0 aromatic rings. The van der Waals surface area contributed by atoms with Gasteiger partial charge in [-0.1, -0.05) is 20.3 Å². The van der Waals surface area contributed by atoms with Crippen molar-refractivity contribution in [2.45, 2.75) is 26.3 Å². The van der Waals surface area contributed by atoms with Gasteiger partial charge in [0, 0.05) is 7.05 Å². The highest BCUT2D eigenvalue weighted by Crippen LogP contribution is 2.09. The molecule has 2 N–H and O–H groups in total. The number of likely N-dealkylation sites (N-methyl/N-ethyl adjacent to an activating group) is 2. The van der Waals surface area contributed by atoms with E-state index in [1.54, 1.807) is 14.1 Å². The molecular weight excluding hydrogens is 234 g/mol. The topological polar surface area (TPSA) is 78.5 Å². The van der Waals surface area contributed by atoms with Crippen LogP contribution in [0.5, 0.6) is 0 Å². The molecule has 6 heteroatoms. The van der Waals surface area contributed by atoms with Crippen LogP contribution < -0.4 is 10.6 Å². The van der Waals surface area contributed by atoms with Crippen LogP contribution in [0.4, 0.5) is 0 Å². The number of rotatable bonds is 8. The van der Waals surface area contributed by atoms with Crippen LogP contribution in [0.15, 0.2) is 0 Å². The van der Waals surface area contributed by atoms with Gasteiger partial charge < -0.3 is 20.3 Å².